The summed E-state index contributed by atoms with van der Waals surface area (Å²) in [7, 11) is 0. The predicted octanol–water partition coefficient (Wildman–Crippen LogP) is 7.39. The van der Waals surface area contributed by atoms with Gasteiger partial charge in [-0.25, -0.2) is 0 Å². The van der Waals surface area contributed by atoms with E-state index >= 15 is 0 Å². The summed E-state index contributed by atoms with van der Waals surface area (Å²) in [4.78, 5) is 0. The minimum atomic E-state index is 0.704. The first-order chi connectivity index (χ1) is 11.1. The van der Waals surface area contributed by atoms with E-state index in [1.165, 1.54) is 57.8 Å². The molecule has 0 spiro atoms. The topological polar surface area (TPSA) is 0 Å². The minimum Gasteiger partial charge on any atom is -0.0704 e. The van der Waals surface area contributed by atoms with Gasteiger partial charge in [0.05, 0.1) is 0 Å². The summed E-state index contributed by atoms with van der Waals surface area (Å²) in [6.07, 6.45) is 14.9. The monoisotopic (exact) mass is 316 g/mol. The van der Waals surface area contributed by atoms with Gasteiger partial charge in [0.2, 0.25) is 0 Å². The first-order valence-electron chi connectivity index (χ1n) is 10.8. The van der Waals surface area contributed by atoms with Crippen molar-refractivity contribution >= 4 is 0 Å². The van der Waals surface area contributed by atoms with Crippen molar-refractivity contribution in [3.8, 4) is 0 Å². The number of hydrogen-bond donors (Lipinski definition) is 0. The molecule has 0 heterocycles. The van der Waals surface area contributed by atoms with E-state index in [9.17, 15) is 0 Å². The lowest BCUT2D eigenvalue weighted by atomic mass is 9.53. The molecule has 0 saturated heterocycles. The predicted molar refractivity (Wildman–Crippen MR) is 101 cm³/mol. The van der Waals surface area contributed by atoms with Crippen LogP contribution < -0.4 is 0 Å². The molecule has 0 amide bonds. The second kappa shape index (κ2) is 6.93. The van der Waals surface area contributed by atoms with Gasteiger partial charge < -0.3 is 0 Å². The molecule has 0 bridgehead atoms. The van der Waals surface area contributed by atoms with E-state index in [4.69, 9.17) is 0 Å². The maximum atomic E-state index is 2.67. The second-order valence-corrected chi connectivity index (χ2v) is 9.12. The molecule has 132 valence electrons. The molecule has 0 heteroatoms. The van der Waals surface area contributed by atoms with E-state index in [2.05, 4.69) is 20.8 Å². The van der Waals surface area contributed by atoms with E-state index in [0.29, 0.717) is 5.41 Å². The molecular formula is C23H40. The van der Waals surface area contributed by atoms with Crippen LogP contribution in [0.15, 0.2) is 11.1 Å². The Labute approximate surface area is 145 Å². The van der Waals surface area contributed by atoms with Crippen LogP contribution in [0, 0.1) is 35.0 Å². The van der Waals surface area contributed by atoms with Crippen LogP contribution in [0.4, 0.5) is 0 Å². The van der Waals surface area contributed by atoms with E-state index in [1.807, 2.05) is 25.0 Å². The maximum Gasteiger partial charge on any atom is -0.0169 e. The number of fused-ring (bicyclic) bond motifs is 4. The summed E-state index contributed by atoms with van der Waals surface area (Å²) in [5, 5.41) is 0. The molecule has 23 heavy (non-hydrogen) atoms. The van der Waals surface area contributed by atoms with Gasteiger partial charge in [-0.1, -0.05) is 52.2 Å². The van der Waals surface area contributed by atoms with Crippen molar-refractivity contribution in [3.05, 3.63) is 11.1 Å². The van der Waals surface area contributed by atoms with Gasteiger partial charge >= 0.3 is 0 Å². The molecule has 6 atom stereocenters. The normalized spacial score (nSPS) is 45.5. The summed E-state index contributed by atoms with van der Waals surface area (Å²) >= 11 is 0. The van der Waals surface area contributed by atoms with E-state index < -0.39 is 0 Å². The molecule has 0 nitrogen and oxygen atoms in total. The largest absolute Gasteiger partial charge is 0.0704 e. The second-order valence-electron chi connectivity index (χ2n) is 9.12. The molecule has 4 unspecified atom stereocenters. The lowest BCUT2D eigenvalue weighted by Gasteiger charge is -2.52. The van der Waals surface area contributed by atoms with Gasteiger partial charge in [-0.05, 0) is 92.8 Å². The van der Waals surface area contributed by atoms with Gasteiger partial charge in [-0.3, -0.25) is 0 Å². The first-order valence-corrected chi connectivity index (χ1v) is 10.8. The Morgan fingerprint density at radius 3 is 2.52 bits per heavy atom. The lowest BCUT2D eigenvalue weighted by Crippen LogP contribution is -2.43. The highest BCUT2D eigenvalue weighted by atomic mass is 14.6. The molecule has 0 aromatic heterocycles. The lowest BCUT2D eigenvalue weighted by molar-refractivity contribution is 0.0116. The molecular weight excluding hydrogens is 276 g/mol. The van der Waals surface area contributed by atoms with Crippen molar-refractivity contribution in [1.29, 1.82) is 0 Å². The molecule has 0 aromatic carbocycles. The Morgan fingerprint density at radius 2 is 1.78 bits per heavy atom. The smallest absolute Gasteiger partial charge is 0.0169 e. The van der Waals surface area contributed by atoms with Crippen LogP contribution in [0.3, 0.4) is 0 Å². The summed E-state index contributed by atoms with van der Waals surface area (Å²) in [6, 6.07) is 0. The van der Waals surface area contributed by atoms with E-state index in [1.54, 1.807) is 6.42 Å². The fourth-order valence-corrected chi connectivity index (χ4v) is 7.19. The highest BCUT2D eigenvalue weighted by Gasteiger charge is 2.54. The number of rotatable bonds is 1. The zero-order chi connectivity index (χ0) is 16.6. The molecule has 0 aromatic rings. The minimum absolute atomic E-state index is 0.704. The van der Waals surface area contributed by atoms with Gasteiger partial charge in [0.25, 0.3) is 0 Å². The standard InChI is InChI=1S/C21H34.C2H6/c1-4-16-7-10-20-19-9-6-15-13-14(2)5-8-17(15)18(19)11-12-21(16,20)3;1-2/h14,16,18-20H,4-13H2,1-3H3;1-2H3/t14?,16-,18?,19?,20?,21+;/m0./s1. The number of allylic oxidation sites excluding steroid dienone is 2. The third kappa shape index (κ3) is 2.83. The SMILES string of the molecule is CC.CC[C@H]1CCC2C3CCC4=C(CCC(C)C4)C3CC[C@@]21C. The fourth-order valence-electron chi connectivity index (χ4n) is 7.19. The zero-order valence-corrected chi connectivity index (χ0v) is 16.5. The van der Waals surface area contributed by atoms with Crippen LogP contribution >= 0.6 is 0 Å². The fraction of sp³-hybridized carbons (Fsp3) is 0.913. The quantitative estimate of drug-likeness (QED) is 0.442. The van der Waals surface area contributed by atoms with Crippen LogP contribution in [0.2, 0.25) is 0 Å². The maximum absolute atomic E-state index is 2.67. The zero-order valence-electron chi connectivity index (χ0n) is 16.5. The van der Waals surface area contributed by atoms with E-state index in [0.717, 1.165) is 29.6 Å². The van der Waals surface area contributed by atoms with Crippen molar-refractivity contribution in [2.24, 2.45) is 35.0 Å². The molecule has 2 fully saturated rings. The molecule has 4 aliphatic carbocycles. The molecule has 2 saturated carbocycles. The summed E-state index contributed by atoms with van der Waals surface area (Å²) in [6.45, 7) is 11.6. The van der Waals surface area contributed by atoms with E-state index in [-0.39, 0.29) is 0 Å². The average molecular weight is 317 g/mol. The average Bonchev–Trinajstić information content (AvgIpc) is 2.92. The van der Waals surface area contributed by atoms with Crippen LogP contribution in [-0.4, -0.2) is 0 Å². The third-order valence-electron chi connectivity index (χ3n) is 8.31. The van der Waals surface area contributed by atoms with Crippen LogP contribution in [0.1, 0.15) is 98.8 Å². The van der Waals surface area contributed by atoms with Crippen LogP contribution in [0.25, 0.3) is 0 Å². The van der Waals surface area contributed by atoms with Crippen molar-refractivity contribution in [2.75, 3.05) is 0 Å². The highest BCUT2D eigenvalue weighted by Crippen LogP contribution is 2.63. The molecule has 0 aliphatic heterocycles. The van der Waals surface area contributed by atoms with Crippen LogP contribution in [0.5, 0.6) is 0 Å². The Morgan fingerprint density at radius 1 is 1.00 bits per heavy atom. The van der Waals surface area contributed by atoms with Gasteiger partial charge in [0.15, 0.2) is 0 Å². The van der Waals surface area contributed by atoms with Gasteiger partial charge in [0, 0.05) is 0 Å². The Balaban J connectivity index is 0.000000753. The Hall–Kier alpha value is -0.260. The van der Waals surface area contributed by atoms with Crippen LogP contribution in [-0.2, 0) is 0 Å². The van der Waals surface area contributed by atoms with Gasteiger partial charge in [0.1, 0.15) is 0 Å². The van der Waals surface area contributed by atoms with Gasteiger partial charge in [-0.2, -0.15) is 0 Å². The highest BCUT2D eigenvalue weighted by molar-refractivity contribution is 5.26. The summed E-state index contributed by atoms with van der Waals surface area (Å²) in [5.41, 5.74) is 4.60. The van der Waals surface area contributed by atoms with Crippen molar-refractivity contribution < 1.29 is 0 Å². The number of hydrogen-bond acceptors (Lipinski definition) is 0. The summed E-state index contributed by atoms with van der Waals surface area (Å²) < 4.78 is 0. The van der Waals surface area contributed by atoms with Crippen molar-refractivity contribution in [3.63, 3.8) is 0 Å². The van der Waals surface area contributed by atoms with Crippen molar-refractivity contribution in [2.45, 2.75) is 98.8 Å². The summed E-state index contributed by atoms with van der Waals surface area (Å²) in [5.74, 6) is 5.13. The third-order valence-corrected chi connectivity index (χ3v) is 8.31. The molecule has 4 rings (SSSR count). The Kier molecular flexibility index (Phi) is 5.29. The van der Waals surface area contributed by atoms with Gasteiger partial charge in [-0.15, -0.1) is 0 Å². The Bertz CT molecular complexity index is 445. The molecule has 0 N–H and O–H groups in total. The molecule has 4 aliphatic rings. The molecule has 0 radical (unpaired) electrons. The van der Waals surface area contributed by atoms with Crippen molar-refractivity contribution in [1.82, 2.24) is 0 Å². The first kappa shape index (κ1) is 17.6.